The first-order valence-electron chi connectivity index (χ1n) is 8.65. The van der Waals surface area contributed by atoms with Crippen LogP contribution in [-0.2, 0) is 14.2 Å². The summed E-state index contributed by atoms with van der Waals surface area (Å²) in [6, 6.07) is 0.422. The molecule has 5 heteroatoms. The topological polar surface area (TPSA) is 52.4 Å². The lowest BCUT2D eigenvalue weighted by atomic mass is 9.70. The highest BCUT2D eigenvalue weighted by atomic mass is 16.5. The van der Waals surface area contributed by atoms with Gasteiger partial charge in [0.25, 0.3) is 0 Å². The molecule has 1 aliphatic carbocycles. The Bertz CT molecular complexity index is 397. The van der Waals surface area contributed by atoms with Crippen molar-refractivity contribution in [3.63, 3.8) is 0 Å². The first kappa shape index (κ1) is 16.7. The zero-order chi connectivity index (χ0) is 16.1. The van der Waals surface area contributed by atoms with E-state index in [-0.39, 0.29) is 24.5 Å². The maximum Gasteiger partial charge on any atom is 0.197 e. The molecule has 2 heterocycles. The number of nitrogens with one attached hydrogen (secondary N) is 1. The largest absolute Gasteiger partial charge is 0.388 e. The van der Waals surface area contributed by atoms with Gasteiger partial charge >= 0.3 is 0 Å². The van der Waals surface area contributed by atoms with Crippen LogP contribution in [0.3, 0.4) is 0 Å². The molecule has 2 N–H and O–H groups in total. The summed E-state index contributed by atoms with van der Waals surface area (Å²) in [5, 5.41) is 10.4. The van der Waals surface area contributed by atoms with E-state index in [0.717, 1.165) is 12.8 Å². The Morgan fingerprint density at radius 2 is 1.86 bits per heavy atom. The van der Waals surface area contributed by atoms with Gasteiger partial charge < -0.3 is 24.2 Å². The van der Waals surface area contributed by atoms with E-state index in [0.29, 0.717) is 17.9 Å². The van der Waals surface area contributed by atoms with Crippen LogP contribution in [0.2, 0.25) is 0 Å². The van der Waals surface area contributed by atoms with Gasteiger partial charge in [-0.15, -0.1) is 0 Å². The minimum atomic E-state index is -0.804. The molecule has 3 fully saturated rings. The molecule has 3 rings (SSSR count). The van der Waals surface area contributed by atoms with Crippen LogP contribution in [0.1, 0.15) is 39.5 Å². The SMILES string of the molecule is COC1CCCC2C(OC)C3CC(C(C)(C)O)OC3[NH+](C)C12. The summed E-state index contributed by atoms with van der Waals surface area (Å²) in [5.74, 6) is 0.882. The smallest absolute Gasteiger partial charge is 0.197 e. The molecule has 0 spiro atoms. The van der Waals surface area contributed by atoms with Gasteiger partial charge in [0.05, 0.1) is 30.8 Å². The Morgan fingerprint density at radius 3 is 2.45 bits per heavy atom. The van der Waals surface area contributed by atoms with Crippen LogP contribution in [0.4, 0.5) is 0 Å². The number of hydrogen-bond donors (Lipinski definition) is 2. The average Bonchev–Trinajstić information content (AvgIpc) is 2.92. The van der Waals surface area contributed by atoms with Crippen LogP contribution >= 0.6 is 0 Å². The Hall–Kier alpha value is -0.200. The summed E-state index contributed by atoms with van der Waals surface area (Å²) in [7, 11) is 5.88. The minimum absolute atomic E-state index is 0.0957. The van der Waals surface area contributed by atoms with Gasteiger partial charge in [-0.3, -0.25) is 0 Å². The first-order valence-corrected chi connectivity index (χ1v) is 8.65. The van der Waals surface area contributed by atoms with Gasteiger partial charge in [0.1, 0.15) is 12.1 Å². The van der Waals surface area contributed by atoms with Crippen molar-refractivity contribution in [3.8, 4) is 0 Å². The predicted molar refractivity (Wildman–Crippen MR) is 82.7 cm³/mol. The summed E-state index contributed by atoms with van der Waals surface area (Å²) < 4.78 is 18.0. The van der Waals surface area contributed by atoms with E-state index in [1.54, 1.807) is 0 Å². The van der Waals surface area contributed by atoms with E-state index < -0.39 is 5.60 Å². The van der Waals surface area contributed by atoms with Gasteiger partial charge in [0.15, 0.2) is 6.23 Å². The van der Waals surface area contributed by atoms with Gasteiger partial charge in [-0.05, 0) is 33.1 Å². The van der Waals surface area contributed by atoms with Gasteiger partial charge in [-0.1, -0.05) is 6.42 Å². The van der Waals surface area contributed by atoms with Crippen LogP contribution in [0.25, 0.3) is 0 Å². The third-order valence-electron chi connectivity index (χ3n) is 6.26. The number of likely N-dealkylation sites (tertiary alicyclic amines) is 1. The van der Waals surface area contributed by atoms with Gasteiger partial charge in [0.2, 0.25) is 0 Å². The number of aliphatic hydroxyl groups is 1. The van der Waals surface area contributed by atoms with Crippen LogP contribution in [0.15, 0.2) is 0 Å². The van der Waals surface area contributed by atoms with E-state index in [2.05, 4.69) is 7.05 Å². The first-order chi connectivity index (χ1) is 10.4. The predicted octanol–water partition coefficient (Wildman–Crippen LogP) is 0.216. The number of piperidine rings is 1. The Balaban J connectivity index is 1.88. The molecule has 0 aromatic rings. The standard InChI is InChI=1S/C17H31NO4/c1-17(2,19)13-9-11-15(21-5)10-7-6-8-12(20-4)14(10)18(3)16(11)22-13/h10-16,19H,6-9H2,1-5H3/p+1. The third-order valence-corrected chi connectivity index (χ3v) is 6.26. The maximum absolute atomic E-state index is 10.4. The van der Waals surface area contributed by atoms with Crippen molar-refractivity contribution < 1.29 is 24.2 Å². The van der Waals surface area contributed by atoms with Crippen LogP contribution < -0.4 is 4.90 Å². The lowest BCUT2D eigenvalue weighted by Gasteiger charge is -2.50. The number of quaternary nitrogens is 1. The molecule has 2 aliphatic heterocycles. The minimum Gasteiger partial charge on any atom is -0.388 e. The third kappa shape index (κ3) is 2.61. The summed E-state index contributed by atoms with van der Waals surface area (Å²) in [4.78, 5) is 1.40. The molecule has 22 heavy (non-hydrogen) atoms. The van der Waals surface area contributed by atoms with Crippen molar-refractivity contribution in [1.82, 2.24) is 0 Å². The molecule has 1 saturated carbocycles. The van der Waals surface area contributed by atoms with Crippen molar-refractivity contribution >= 4 is 0 Å². The van der Waals surface area contributed by atoms with Crippen molar-refractivity contribution in [1.29, 1.82) is 0 Å². The molecule has 5 nitrogen and oxygen atoms in total. The molecule has 2 saturated heterocycles. The van der Waals surface area contributed by atoms with Crippen molar-refractivity contribution in [2.45, 2.75) is 75.7 Å². The molecule has 0 bridgehead atoms. The summed E-state index contributed by atoms with van der Waals surface area (Å²) in [6.07, 6.45) is 4.89. The zero-order valence-corrected chi connectivity index (χ0v) is 14.5. The highest BCUT2D eigenvalue weighted by Crippen LogP contribution is 2.42. The number of rotatable bonds is 3. The lowest BCUT2D eigenvalue weighted by Crippen LogP contribution is -3.21. The summed E-state index contributed by atoms with van der Waals surface area (Å²) in [6.45, 7) is 3.69. The fourth-order valence-corrected chi connectivity index (χ4v) is 5.22. The fraction of sp³-hybridized carbons (Fsp3) is 1.00. The van der Waals surface area contributed by atoms with Gasteiger partial charge in [-0.25, -0.2) is 0 Å². The second kappa shape index (κ2) is 6.02. The average molecular weight is 314 g/mol. The Labute approximate surface area is 133 Å². The van der Waals surface area contributed by atoms with E-state index in [9.17, 15) is 5.11 Å². The fourth-order valence-electron chi connectivity index (χ4n) is 5.22. The number of hydrogen-bond acceptors (Lipinski definition) is 4. The normalized spacial score (nSPS) is 48.8. The summed E-state index contributed by atoms with van der Waals surface area (Å²) >= 11 is 0. The second-order valence-corrected chi connectivity index (χ2v) is 7.94. The lowest BCUT2D eigenvalue weighted by molar-refractivity contribution is -0.971. The highest BCUT2D eigenvalue weighted by molar-refractivity contribution is 4.99. The number of likely N-dealkylation sites (N-methyl/N-ethyl adjacent to an activating group) is 1. The number of methoxy groups -OCH3 is 2. The molecule has 0 amide bonds. The second-order valence-electron chi connectivity index (χ2n) is 7.94. The van der Waals surface area contributed by atoms with Crippen LogP contribution in [0.5, 0.6) is 0 Å². The van der Waals surface area contributed by atoms with Crippen molar-refractivity contribution in [2.75, 3.05) is 21.3 Å². The van der Waals surface area contributed by atoms with E-state index >= 15 is 0 Å². The highest BCUT2D eigenvalue weighted by Gasteiger charge is 2.60. The number of fused-ring (bicyclic) bond motifs is 2. The zero-order valence-electron chi connectivity index (χ0n) is 14.5. The molecule has 8 atom stereocenters. The van der Waals surface area contributed by atoms with Crippen molar-refractivity contribution in [2.24, 2.45) is 11.8 Å². The van der Waals surface area contributed by atoms with E-state index in [4.69, 9.17) is 14.2 Å². The van der Waals surface area contributed by atoms with Crippen molar-refractivity contribution in [3.05, 3.63) is 0 Å². The van der Waals surface area contributed by atoms with Gasteiger partial charge in [0, 0.05) is 20.1 Å². The molecular formula is C17H32NO4+. The van der Waals surface area contributed by atoms with Crippen LogP contribution in [-0.4, -0.2) is 62.6 Å². The summed E-state index contributed by atoms with van der Waals surface area (Å²) in [5.41, 5.74) is -0.804. The van der Waals surface area contributed by atoms with Gasteiger partial charge in [-0.2, -0.15) is 0 Å². The quantitative estimate of drug-likeness (QED) is 0.782. The molecule has 3 aliphatic rings. The number of ether oxygens (including phenoxy) is 3. The molecule has 0 aromatic heterocycles. The molecule has 0 aromatic carbocycles. The molecular weight excluding hydrogens is 282 g/mol. The molecule has 8 unspecified atom stereocenters. The molecule has 128 valence electrons. The van der Waals surface area contributed by atoms with Crippen LogP contribution in [0, 0.1) is 11.8 Å². The Morgan fingerprint density at radius 1 is 1.14 bits per heavy atom. The van der Waals surface area contributed by atoms with E-state index in [1.807, 2.05) is 28.1 Å². The monoisotopic (exact) mass is 314 g/mol. The van der Waals surface area contributed by atoms with E-state index in [1.165, 1.54) is 17.7 Å². The maximum atomic E-state index is 10.4. The molecule has 0 radical (unpaired) electrons. The Kier molecular flexibility index (Phi) is 4.56.